The van der Waals surface area contributed by atoms with E-state index >= 15 is 0 Å². The van der Waals surface area contributed by atoms with Crippen molar-refractivity contribution in [2.24, 2.45) is 5.92 Å². The number of benzene rings is 1. The van der Waals surface area contributed by atoms with Gasteiger partial charge < -0.3 is 24.8 Å². The smallest absolute Gasteiger partial charge is 0.227 e. The number of piperidine rings is 1. The van der Waals surface area contributed by atoms with Gasteiger partial charge in [-0.15, -0.1) is 0 Å². The van der Waals surface area contributed by atoms with Crippen molar-refractivity contribution in [3.05, 3.63) is 36.5 Å². The van der Waals surface area contributed by atoms with Crippen LogP contribution in [0.1, 0.15) is 19.8 Å². The van der Waals surface area contributed by atoms with Gasteiger partial charge in [0.2, 0.25) is 17.8 Å². The van der Waals surface area contributed by atoms with Crippen LogP contribution in [-0.2, 0) is 9.59 Å². The Balaban J connectivity index is 1.30. The quantitative estimate of drug-likeness (QED) is 0.765. The molecule has 9 nitrogen and oxygen atoms in total. The summed E-state index contributed by atoms with van der Waals surface area (Å²) in [4.78, 5) is 39.4. The lowest BCUT2D eigenvalue weighted by Crippen LogP contribution is -2.52. The van der Waals surface area contributed by atoms with E-state index in [2.05, 4.69) is 20.2 Å². The Morgan fingerprint density at radius 2 is 1.62 bits per heavy atom. The van der Waals surface area contributed by atoms with Gasteiger partial charge in [0, 0.05) is 64.0 Å². The lowest BCUT2D eigenvalue weighted by molar-refractivity contribution is -0.141. The minimum Gasteiger partial charge on any atom is -0.497 e. The summed E-state index contributed by atoms with van der Waals surface area (Å²) < 4.78 is 5.19. The van der Waals surface area contributed by atoms with E-state index in [1.807, 2.05) is 35.2 Å². The molecule has 2 amide bonds. The summed E-state index contributed by atoms with van der Waals surface area (Å²) in [6.45, 7) is 5.58. The molecule has 1 aromatic heterocycles. The topological polar surface area (TPSA) is 90.9 Å². The zero-order chi connectivity index (χ0) is 22.5. The Hall–Kier alpha value is -3.36. The minimum absolute atomic E-state index is 0.0238. The summed E-state index contributed by atoms with van der Waals surface area (Å²) in [6.07, 6.45) is 3.32. The van der Waals surface area contributed by atoms with Gasteiger partial charge >= 0.3 is 0 Å². The number of piperazine rings is 1. The number of ether oxygens (including phenoxy) is 1. The fourth-order valence-corrected chi connectivity index (χ4v) is 4.22. The number of amides is 2. The highest BCUT2D eigenvalue weighted by Crippen LogP contribution is 2.25. The van der Waals surface area contributed by atoms with Crippen LogP contribution >= 0.6 is 0 Å². The highest BCUT2D eigenvalue weighted by Gasteiger charge is 2.31. The van der Waals surface area contributed by atoms with Gasteiger partial charge in [-0.3, -0.25) is 9.59 Å². The van der Waals surface area contributed by atoms with Crippen molar-refractivity contribution in [3.8, 4) is 5.75 Å². The number of nitrogens with zero attached hydrogens (tertiary/aromatic N) is 5. The molecule has 0 spiro atoms. The lowest BCUT2D eigenvalue weighted by atomic mass is 9.95. The van der Waals surface area contributed by atoms with Crippen LogP contribution in [0.5, 0.6) is 5.75 Å². The van der Waals surface area contributed by atoms with Crippen LogP contribution in [0.3, 0.4) is 0 Å². The Morgan fingerprint density at radius 3 is 2.25 bits per heavy atom. The number of anilines is 3. The molecule has 4 rings (SSSR count). The number of rotatable bonds is 5. The van der Waals surface area contributed by atoms with Gasteiger partial charge in [0.25, 0.3) is 0 Å². The van der Waals surface area contributed by atoms with Gasteiger partial charge in [0.15, 0.2) is 0 Å². The maximum atomic E-state index is 12.9. The molecule has 0 atom stereocenters. The third kappa shape index (κ3) is 5.09. The maximum absolute atomic E-state index is 12.9. The van der Waals surface area contributed by atoms with Crippen molar-refractivity contribution < 1.29 is 14.3 Å². The molecule has 1 aromatic carbocycles. The first kappa shape index (κ1) is 21.9. The van der Waals surface area contributed by atoms with Crippen LogP contribution in [0.25, 0.3) is 0 Å². The molecule has 9 heteroatoms. The summed E-state index contributed by atoms with van der Waals surface area (Å²) in [5.74, 6) is 2.51. The third-order valence-corrected chi connectivity index (χ3v) is 6.17. The molecule has 2 fully saturated rings. The summed E-state index contributed by atoms with van der Waals surface area (Å²) >= 11 is 0. The van der Waals surface area contributed by atoms with Gasteiger partial charge in [-0.25, -0.2) is 4.98 Å². The Labute approximate surface area is 188 Å². The third-order valence-electron chi connectivity index (χ3n) is 6.17. The molecule has 0 aliphatic carbocycles. The van der Waals surface area contributed by atoms with Crippen molar-refractivity contribution in [1.82, 2.24) is 19.8 Å². The van der Waals surface area contributed by atoms with Crippen molar-refractivity contribution in [2.45, 2.75) is 19.8 Å². The van der Waals surface area contributed by atoms with Crippen LogP contribution in [0, 0.1) is 5.92 Å². The summed E-state index contributed by atoms with van der Waals surface area (Å²) in [5, 5.41) is 3.29. The molecule has 170 valence electrons. The Morgan fingerprint density at radius 1 is 0.969 bits per heavy atom. The monoisotopic (exact) mass is 438 g/mol. The average Bonchev–Trinajstić information content (AvgIpc) is 2.84. The van der Waals surface area contributed by atoms with E-state index in [1.165, 1.54) is 0 Å². The van der Waals surface area contributed by atoms with E-state index in [9.17, 15) is 9.59 Å². The molecule has 32 heavy (non-hydrogen) atoms. The molecule has 0 radical (unpaired) electrons. The predicted octanol–water partition coefficient (Wildman–Crippen LogP) is 2.14. The summed E-state index contributed by atoms with van der Waals surface area (Å²) in [7, 11) is 1.64. The van der Waals surface area contributed by atoms with E-state index < -0.39 is 0 Å². The van der Waals surface area contributed by atoms with Crippen LogP contribution in [-0.4, -0.2) is 78.0 Å². The van der Waals surface area contributed by atoms with Gasteiger partial charge in [-0.2, -0.15) is 4.98 Å². The average molecular weight is 439 g/mol. The van der Waals surface area contributed by atoms with Gasteiger partial charge in [-0.05, 0) is 43.2 Å². The normalized spacial score (nSPS) is 17.2. The van der Waals surface area contributed by atoms with E-state index in [1.54, 1.807) is 25.1 Å². The van der Waals surface area contributed by atoms with Crippen LogP contribution < -0.4 is 15.0 Å². The van der Waals surface area contributed by atoms with Crippen molar-refractivity contribution in [3.63, 3.8) is 0 Å². The van der Waals surface area contributed by atoms with Crippen LogP contribution in [0.4, 0.5) is 17.5 Å². The highest BCUT2D eigenvalue weighted by atomic mass is 16.5. The highest BCUT2D eigenvalue weighted by molar-refractivity contribution is 5.80. The fraction of sp³-hybridized carbons (Fsp3) is 0.478. The van der Waals surface area contributed by atoms with Crippen molar-refractivity contribution >= 4 is 29.3 Å². The molecule has 2 aromatic rings. The lowest BCUT2D eigenvalue weighted by Gasteiger charge is -2.38. The van der Waals surface area contributed by atoms with Gasteiger partial charge in [0.1, 0.15) is 11.6 Å². The number of hydrogen-bond acceptors (Lipinski definition) is 7. The second-order valence-electron chi connectivity index (χ2n) is 8.19. The van der Waals surface area contributed by atoms with Gasteiger partial charge in [0.05, 0.1) is 7.11 Å². The predicted molar refractivity (Wildman–Crippen MR) is 122 cm³/mol. The first-order valence-electron chi connectivity index (χ1n) is 11.1. The Bertz CT molecular complexity index is 935. The number of aromatic nitrogens is 2. The molecule has 0 bridgehead atoms. The van der Waals surface area contributed by atoms with E-state index in [0.29, 0.717) is 32.1 Å². The van der Waals surface area contributed by atoms with E-state index in [0.717, 1.165) is 43.2 Å². The second kappa shape index (κ2) is 9.84. The molecule has 1 N–H and O–H groups in total. The number of carbonyl (C=O) groups excluding carboxylic acids is 2. The molecule has 0 saturated carbocycles. The largest absolute Gasteiger partial charge is 0.497 e. The number of methoxy groups -OCH3 is 1. The number of carbonyl (C=O) groups is 2. The van der Waals surface area contributed by atoms with Crippen molar-refractivity contribution in [1.29, 1.82) is 0 Å². The standard InChI is InChI=1S/C23H30N6O3/c1-17(30)27-13-15-28(16-14-27)22(31)18-8-11-29(12-9-18)23-24-10-7-21(26-23)25-19-3-5-20(32-2)6-4-19/h3-7,10,18H,8-9,11-16H2,1-2H3,(H,24,25,26). The fourth-order valence-electron chi connectivity index (χ4n) is 4.22. The number of nitrogens with one attached hydrogen (secondary N) is 1. The van der Waals surface area contributed by atoms with Crippen LogP contribution in [0.15, 0.2) is 36.5 Å². The van der Waals surface area contributed by atoms with Crippen molar-refractivity contribution in [2.75, 3.05) is 56.6 Å². The molecular weight excluding hydrogens is 408 g/mol. The van der Waals surface area contributed by atoms with Crippen LogP contribution in [0.2, 0.25) is 0 Å². The van der Waals surface area contributed by atoms with E-state index in [4.69, 9.17) is 4.74 Å². The van der Waals surface area contributed by atoms with Gasteiger partial charge in [-0.1, -0.05) is 0 Å². The maximum Gasteiger partial charge on any atom is 0.227 e. The molecule has 2 aliphatic rings. The first-order valence-corrected chi connectivity index (χ1v) is 11.1. The molecule has 2 aliphatic heterocycles. The minimum atomic E-state index is 0.0238. The molecular formula is C23H30N6O3. The number of hydrogen-bond donors (Lipinski definition) is 1. The molecule has 0 unspecified atom stereocenters. The molecule has 2 saturated heterocycles. The summed E-state index contributed by atoms with van der Waals surface area (Å²) in [6, 6.07) is 9.50. The Kier molecular flexibility index (Phi) is 6.72. The first-order chi connectivity index (χ1) is 15.5. The SMILES string of the molecule is COc1ccc(Nc2ccnc(N3CCC(C(=O)N4CCN(C(C)=O)CC4)CC3)n2)cc1. The molecule has 3 heterocycles. The zero-order valence-electron chi connectivity index (χ0n) is 18.7. The van der Waals surface area contributed by atoms with E-state index in [-0.39, 0.29) is 17.7 Å². The second-order valence-corrected chi connectivity index (χ2v) is 8.19. The zero-order valence-corrected chi connectivity index (χ0v) is 18.7. The summed E-state index contributed by atoms with van der Waals surface area (Å²) in [5.41, 5.74) is 0.921.